The number of hydrogen-bond acceptors (Lipinski definition) is 5. The molecule has 0 aromatic heterocycles. The molecule has 108 valence electrons. The Labute approximate surface area is 125 Å². The Morgan fingerprint density at radius 3 is 3.10 bits per heavy atom. The van der Waals surface area contributed by atoms with E-state index in [1.54, 1.807) is 11.8 Å². The van der Waals surface area contributed by atoms with Crippen LogP contribution in [0.15, 0.2) is 23.1 Å². The lowest BCUT2D eigenvalue weighted by Crippen LogP contribution is -2.46. The normalized spacial score (nSPS) is 18.9. The van der Waals surface area contributed by atoms with Crippen molar-refractivity contribution in [3.8, 4) is 6.07 Å². The number of hydrogen-bond donors (Lipinski definition) is 1. The molecule has 0 spiro atoms. The zero-order valence-electron chi connectivity index (χ0n) is 12.1. The van der Waals surface area contributed by atoms with Crippen molar-refractivity contribution in [2.24, 2.45) is 0 Å². The Kier molecular flexibility index (Phi) is 5.72. The Morgan fingerprint density at radius 1 is 1.55 bits per heavy atom. The minimum absolute atomic E-state index is 0.183. The van der Waals surface area contributed by atoms with E-state index in [-0.39, 0.29) is 6.10 Å². The van der Waals surface area contributed by atoms with Gasteiger partial charge in [0.15, 0.2) is 0 Å². The molecule has 1 aliphatic heterocycles. The Morgan fingerprint density at radius 2 is 2.40 bits per heavy atom. The Balaban J connectivity index is 2.23. The first kappa shape index (κ1) is 15.2. The van der Waals surface area contributed by atoms with Crippen LogP contribution in [0.4, 0.5) is 5.69 Å². The lowest BCUT2D eigenvalue weighted by molar-refractivity contribution is 0.0421. The summed E-state index contributed by atoms with van der Waals surface area (Å²) in [5.41, 5.74) is 1.83. The molecule has 1 aliphatic rings. The van der Waals surface area contributed by atoms with Gasteiger partial charge in [-0.15, -0.1) is 11.8 Å². The van der Waals surface area contributed by atoms with Gasteiger partial charge in [0.05, 0.1) is 24.0 Å². The van der Waals surface area contributed by atoms with Crippen molar-refractivity contribution in [2.45, 2.75) is 17.9 Å². The van der Waals surface area contributed by atoms with Gasteiger partial charge in [-0.3, -0.25) is 0 Å². The summed E-state index contributed by atoms with van der Waals surface area (Å²) in [5.74, 6) is 0.976. The quantitative estimate of drug-likeness (QED) is 0.842. The zero-order valence-corrected chi connectivity index (χ0v) is 12.9. The SMILES string of the molecule is CCSc1cccc(N2CCOC(CNC)C2)c1C#N. The van der Waals surface area contributed by atoms with Gasteiger partial charge in [-0.1, -0.05) is 13.0 Å². The van der Waals surface area contributed by atoms with E-state index in [9.17, 15) is 5.26 Å². The molecular formula is C15H21N3OS. The molecule has 0 saturated carbocycles. The van der Waals surface area contributed by atoms with E-state index in [4.69, 9.17) is 4.74 Å². The number of benzene rings is 1. The number of morpholine rings is 1. The third-order valence-corrected chi connectivity index (χ3v) is 4.27. The highest BCUT2D eigenvalue weighted by atomic mass is 32.2. The molecule has 0 amide bonds. The standard InChI is InChI=1S/C15H21N3OS/c1-3-20-15-6-4-5-14(13(15)9-16)18-7-8-19-12(11-18)10-17-2/h4-6,12,17H,3,7-8,10-11H2,1-2H3. The van der Waals surface area contributed by atoms with Crippen LogP contribution >= 0.6 is 11.8 Å². The Bertz CT molecular complexity index is 484. The predicted molar refractivity (Wildman–Crippen MR) is 83.4 cm³/mol. The zero-order chi connectivity index (χ0) is 14.4. The number of likely N-dealkylation sites (N-methyl/N-ethyl adjacent to an activating group) is 1. The molecule has 0 bridgehead atoms. The number of anilines is 1. The van der Waals surface area contributed by atoms with Gasteiger partial charge in [0.25, 0.3) is 0 Å². The van der Waals surface area contributed by atoms with Crippen molar-refractivity contribution < 1.29 is 4.74 Å². The molecule has 0 radical (unpaired) electrons. The first-order chi connectivity index (χ1) is 9.80. The maximum atomic E-state index is 9.49. The maximum Gasteiger partial charge on any atom is 0.103 e. The molecular weight excluding hydrogens is 270 g/mol. The van der Waals surface area contributed by atoms with Gasteiger partial charge >= 0.3 is 0 Å². The van der Waals surface area contributed by atoms with Crippen molar-refractivity contribution in [2.75, 3.05) is 43.9 Å². The lowest BCUT2D eigenvalue weighted by atomic mass is 10.1. The van der Waals surface area contributed by atoms with Gasteiger partial charge in [0.2, 0.25) is 0 Å². The summed E-state index contributed by atoms with van der Waals surface area (Å²) >= 11 is 1.72. The van der Waals surface area contributed by atoms with Crippen molar-refractivity contribution in [1.29, 1.82) is 5.26 Å². The van der Waals surface area contributed by atoms with Gasteiger partial charge < -0.3 is 15.0 Å². The molecule has 4 nitrogen and oxygen atoms in total. The van der Waals surface area contributed by atoms with Crippen LogP contribution in [0.2, 0.25) is 0 Å². The number of nitrogens with one attached hydrogen (secondary N) is 1. The number of nitrogens with zero attached hydrogens (tertiary/aromatic N) is 2. The van der Waals surface area contributed by atoms with Gasteiger partial charge in [0, 0.05) is 24.5 Å². The fourth-order valence-corrected chi connectivity index (χ4v) is 3.24. The first-order valence-electron chi connectivity index (χ1n) is 6.97. The molecule has 0 aliphatic carbocycles. The highest BCUT2D eigenvalue weighted by Crippen LogP contribution is 2.31. The fourth-order valence-electron chi connectivity index (χ4n) is 2.46. The van der Waals surface area contributed by atoms with Crippen LogP contribution in [0.25, 0.3) is 0 Å². The number of rotatable bonds is 5. The van der Waals surface area contributed by atoms with E-state index in [2.05, 4.69) is 23.2 Å². The van der Waals surface area contributed by atoms with Crippen LogP contribution in [-0.4, -0.2) is 45.1 Å². The van der Waals surface area contributed by atoms with Crippen LogP contribution in [0.5, 0.6) is 0 Å². The number of ether oxygens (including phenoxy) is 1. The third-order valence-electron chi connectivity index (χ3n) is 3.33. The van der Waals surface area contributed by atoms with E-state index < -0.39 is 0 Å². The van der Waals surface area contributed by atoms with Crippen molar-refractivity contribution in [3.63, 3.8) is 0 Å². The van der Waals surface area contributed by atoms with Crippen molar-refractivity contribution in [3.05, 3.63) is 23.8 Å². The molecule has 1 aromatic rings. The fraction of sp³-hybridized carbons (Fsp3) is 0.533. The van der Waals surface area contributed by atoms with Gasteiger partial charge in [-0.2, -0.15) is 5.26 Å². The monoisotopic (exact) mass is 291 g/mol. The van der Waals surface area contributed by atoms with Crippen LogP contribution in [-0.2, 0) is 4.74 Å². The Hall–Kier alpha value is -1.22. The first-order valence-corrected chi connectivity index (χ1v) is 7.95. The second kappa shape index (κ2) is 7.53. The summed E-state index contributed by atoms with van der Waals surface area (Å²) in [6.07, 6.45) is 0.183. The third kappa shape index (κ3) is 3.45. The minimum Gasteiger partial charge on any atom is -0.373 e. The van der Waals surface area contributed by atoms with Crippen LogP contribution in [0.1, 0.15) is 12.5 Å². The van der Waals surface area contributed by atoms with E-state index in [1.807, 2.05) is 25.2 Å². The summed E-state index contributed by atoms with van der Waals surface area (Å²) in [6.45, 7) is 5.32. The summed E-state index contributed by atoms with van der Waals surface area (Å²) in [7, 11) is 1.93. The largest absolute Gasteiger partial charge is 0.373 e. The van der Waals surface area contributed by atoms with E-state index in [0.717, 1.165) is 41.5 Å². The molecule has 5 heteroatoms. The molecule has 1 fully saturated rings. The second-order valence-electron chi connectivity index (χ2n) is 4.69. The molecule has 1 unspecified atom stereocenters. The van der Waals surface area contributed by atoms with Crippen LogP contribution < -0.4 is 10.2 Å². The van der Waals surface area contributed by atoms with Gasteiger partial charge in [0.1, 0.15) is 6.07 Å². The highest BCUT2D eigenvalue weighted by Gasteiger charge is 2.22. The average molecular weight is 291 g/mol. The van der Waals surface area contributed by atoms with E-state index in [1.165, 1.54) is 0 Å². The second-order valence-corrected chi connectivity index (χ2v) is 6.00. The number of nitriles is 1. The lowest BCUT2D eigenvalue weighted by Gasteiger charge is -2.35. The summed E-state index contributed by atoms with van der Waals surface area (Å²) < 4.78 is 5.73. The smallest absolute Gasteiger partial charge is 0.103 e. The molecule has 1 aromatic carbocycles. The van der Waals surface area contributed by atoms with E-state index in [0.29, 0.717) is 6.61 Å². The topological polar surface area (TPSA) is 48.3 Å². The molecule has 2 rings (SSSR count). The summed E-state index contributed by atoms with van der Waals surface area (Å²) in [5, 5.41) is 12.6. The van der Waals surface area contributed by atoms with Crippen LogP contribution in [0.3, 0.4) is 0 Å². The minimum atomic E-state index is 0.183. The van der Waals surface area contributed by atoms with Crippen LogP contribution in [0, 0.1) is 11.3 Å². The molecule has 1 N–H and O–H groups in total. The predicted octanol–water partition coefficient (Wildman–Crippen LogP) is 2.09. The highest BCUT2D eigenvalue weighted by molar-refractivity contribution is 7.99. The maximum absolute atomic E-state index is 9.49. The molecule has 1 atom stereocenters. The molecule has 1 heterocycles. The number of thioether (sulfide) groups is 1. The van der Waals surface area contributed by atoms with Crippen molar-refractivity contribution >= 4 is 17.4 Å². The van der Waals surface area contributed by atoms with E-state index >= 15 is 0 Å². The van der Waals surface area contributed by atoms with Gasteiger partial charge in [-0.25, -0.2) is 0 Å². The van der Waals surface area contributed by atoms with Gasteiger partial charge in [-0.05, 0) is 24.9 Å². The average Bonchev–Trinajstić information content (AvgIpc) is 2.48. The molecule has 20 heavy (non-hydrogen) atoms. The van der Waals surface area contributed by atoms with Crippen molar-refractivity contribution in [1.82, 2.24) is 5.32 Å². The summed E-state index contributed by atoms with van der Waals surface area (Å²) in [6, 6.07) is 8.48. The summed E-state index contributed by atoms with van der Waals surface area (Å²) in [4.78, 5) is 3.34. The molecule has 1 saturated heterocycles.